The van der Waals surface area contributed by atoms with Crippen molar-refractivity contribution in [1.29, 1.82) is 0 Å². The highest BCUT2D eigenvalue weighted by Gasteiger charge is 2.33. The van der Waals surface area contributed by atoms with Crippen LogP contribution in [-0.4, -0.2) is 6.54 Å². The number of nitrogens with two attached hydrogens (primary N) is 1. The van der Waals surface area contributed by atoms with E-state index in [2.05, 4.69) is 13.8 Å². The Kier molecular flexibility index (Phi) is 2.16. The molecule has 1 aliphatic rings. The molecule has 0 aliphatic heterocycles. The van der Waals surface area contributed by atoms with Gasteiger partial charge in [0.1, 0.15) is 0 Å². The van der Waals surface area contributed by atoms with E-state index in [-0.39, 0.29) is 0 Å². The topological polar surface area (TPSA) is 39.2 Å². The molecule has 3 atom stereocenters. The zero-order chi connectivity index (χ0) is 9.42. The fourth-order valence-corrected chi connectivity index (χ4v) is 2.59. The molecule has 0 spiro atoms. The zero-order valence-corrected chi connectivity index (χ0v) is 8.29. The summed E-state index contributed by atoms with van der Waals surface area (Å²) in [6.07, 6.45) is 4.94. The Balaban J connectivity index is 2.28. The third-order valence-electron chi connectivity index (χ3n) is 3.27. The van der Waals surface area contributed by atoms with E-state index in [1.165, 1.54) is 11.1 Å². The highest BCUT2D eigenvalue weighted by molar-refractivity contribution is 5.32. The second-order valence-corrected chi connectivity index (χ2v) is 4.27. The van der Waals surface area contributed by atoms with Gasteiger partial charge in [0.2, 0.25) is 0 Å². The van der Waals surface area contributed by atoms with E-state index in [1.807, 2.05) is 12.5 Å². The van der Waals surface area contributed by atoms with Crippen LogP contribution >= 0.6 is 0 Å². The lowest BCUT2D eigenvalue weighted by molar-refractivity contribution is 0.368. The number of hydrogen-bond donors (Lipinski definition) is 1. The van der Waals surface area contributed by atoms with E-state index in [4.69, 9.17) is 10.2 Å². The summed E-state index contributed by atoms with van der Waals surface area (Å²) in [7, 11) is 0. The largest absolute Gasteiger partial charge is 0.472 e. The third-order valence-corrected chi connectivity index (χ3v) is 3.27. The lowest BCUT2D eigenvalue weighted by atomic mass is 9.84. The molecule has 1 aliphatic carbocycles. The summed E-state index contributed by atoms with van der Waals surface area (Å²) in [6, 6.07) is 0. The van der Waals surface area contributed by atoms with Gasteiger partial charge < -0.3 is 10.2 Å². The zero-order valence-electron chi connectivity index (χ0n) is 8.29. The van der Waals surface area contributed by atoms with E-state index in [0.29, 0.717) is 11.8 Å². The lowest BCUT2D eigenvalue weighted by Gasteiger charge is -2.22. The molecule has 2 heteroatoms. The molecule has 0 bridgehead atoms. The molecular formula is C11H17NO. The van der Waals surface area contributed by atoms with Crippen molar-refractivity contribution in [3.63, 3.8) is 0 Å². The van der Waals surface area contributed by atoms with Gasteiger partial charge in [-0.1, -0.05) is 13.8 Å². The summed E-state index contributed by atoms with van der Waals surface area (Å²) in [6.45, 7) is 5.29. The molecular weight excluding hydrogens is 162 g/mol. The van der Waals surface area contributed by atoms with Crippen LogP contribution < -0.4 is 5.73 Å². The van der Waals surface area contributed by atoms with E-state index in [0.717, 1.165) is 18.9 Å². The van der Waals surface area contributed by atoms with E-state index in [1.54, 1.807) is 0 Å². The van der Waals surface area contributed by atoms with Crippen LogP contribution in [0.4, 0.5) is 0 Å². The Morgan fingerprint density at radius 2 is 2.38 bits per heavy atom. The Bertz CT molecular complexity index is 292. The Hall–Kier alpha value is -0.760. The Morgan fingerprint density at radius 1 is 1.62 bits per heavy atom. The first-order valence-corrected chi connectivity index (χ1v) is 4.99. The minimum absolute atomic E-state index is 0.564. The molecule has 0 saturated carbocycles. The van der Waals surface area contributed by atoms with Gasteiger partial charge in [0.05, 0.1) is 12.5 Å². The van der Waals surface area contributed by atoms with Crippen LogP contribution in [0.15, 0.2) is 16.9 Å². The van der Waals surface area contributed by atoms with Crippen LogP contribution in [0.5, 0.6) is 0 Å². The molecule has 0 fully saturated rings. The second kappa shape index (κ2) is 3.18. The molecule has 13 heavy (non-hydrogen) atoms. The first-order valence-electron chi connectivity index (χ1n) is 4.99. The summed E-state index contributed by atoms with van der Waals surface area (Å²) in [5.74, 6) is 1.90. The minimum Gasteiger partial charge on any atom is -0.472 e. The average Bonchev–Trinajstić information content (AvgIpc) is 2.62. The number of furan rings is 1. The number of fused-ring (bicyclic) bond motifs is 1. The third kappa shape index (κ3) is 1.29. The number of hydrogen-bond acceptors (Lipinski definition) is 2. The lowest BCUT2D eigenvalue weighted by Crippen LogP contribution is -2.21. The van der Waals surface area contributed by atoms with Crippen molar-refractivity contribution in [2.75, 3.05) is 6.54 Å². The molecule has 0 radical (unpaired) electrons. The van der Waals surface area contributed by atoms with E-state index in [9.17, 15) is 0 Å². The maximum absolute atomic E-state index is 5.71. The van der Waals surface area contributed by atoms with Crippen molar-refractivity contribution in [2.45, 2.75) is 26.2 Å². The van der Waals surface area contributed by atoms with Crippen LogP contribution in [0.2, 0.25) is 0 Å². The average molecular weight is 179 g/mol. The molecule has 0 aromatic carbocycles. The van der Waals surface area contributed by atoms with Crippen LogP contribution in [0.1, 0.15) is 30.9 Å². The van der Waals surface area contributed by atoms with Gasteiger partial charge in [0, 0.05) is 0 Å². The highest BCUT2D eigenvalue weighted by Crippen LogP contribution is 2.42. The van der Waals surface area contributed by atoms with E-state index >= 15 is 0 Å². The predicted octanol–water partition coefficient (Wildman–Crippen LogP) is 2.15. The molecule has 1 aromatic rings. The molecule has 2 rings (SSSR count). The SMILES string of the molecule is CC(CN)C1c2cocc2CC1C. The second-order valence-electron chi connectivity index (χ2n) is 4.27. The van der Waals surface area contributed by atoms with Crippen LogP contribution in [0.3, 0.4) is 0 Å². The fraction of sp³-hybridized carbons (Fsp3) is 0.636. The van der Waals surface area contributed by atoms with Crippen molar-refractivity contribution in [1.82, 2.24) is 0 Å². The van der Waals surface area contributed by atoms with Crippen molar-refractivity contribution in [3.8, 4) is 0 Å². The van der Waals surface area contributed by atoms with Gasteiger partial charge in [-0.15, -0.1) is 0 Å². The smallest absolute Gasteiger partial charge is 0.0940 e. The molecule has 0 saturated heterocycles. The summed E-state index contributed by atoms with van der Waals surface area (Å²) in [4.78, 5) is 0. The summed E-state index contributed by atoms with van der Waals surface area (Å²) < 4.78 is 5.22. The highest BCUT2D eigenvalue weighted by atomic mass is 16.3. The molecule has 1 heterocycles. The van der Waals surface area contributed by atoms with Gasteiger partial charge in [-0.3, -0.25) is 0 Å². The van der Waals surface area contributed by atoms with E-state index < -0.39 is 0 Å². The molecule has 2 nitrogen and oxygen atoms in total. The maximum atomic E-state index is 5.71. The molecule has 72 valence electrons. The molecule has 1 aromatic heterocycles. The number of rotatable bonds is 2. The summed E-state index contributed by atoms with van der Waals surface area (Å²) in [5, 5.41) is 0. The standard InChI is InChI=1S/C11H17NO/c1-7-3-9-5-13-6-10(9)11(7)8(2)4-12/h5-8,11H,3-4,12H2,1-2H3. The quantitative estimate of drug-likeness (QED) is 0.755. The van der Waals surface area contributed by atoms with Gasteiger partial charge in [-0.05, 0) is 41.8 Å². The van der Waals surface area contributed by atoms with Gasteiger partial charge in [-0.2, -0.15) is 0 Å². The fourth-order valence-electron chi connectivity index (χ4n) is 2.59. The normalized spacial score (nSPS) is 28.8. The van der Waals surface area contributed by atoms with Crippen molar-refractivity contribution in [2.24, 2.45) is 17.6 Å². The van der Waals surface area contributed by atoms with Crippen molar-refractivity contribution >= 4 is 0 Å². The van der Waals surface area contributed by atoms with Crippen LogP contribution in [0.25, 0.3) is 0 Å². The minimum atomic E-state index is 0.564. The van der Waals surface area contributed by atoms with Gasteiger partial charge in [-0.25, -0.2) is 0 Å². The predicted molar refractivity (Wildman–Crippen MR) is 52.5 cm³/mol. The maximum Gasteiger partial charge on any atom is 0.0940 e. The Morgan fingerprint density at radius 3 is 3.08 bits per heavy atom. The van der Waals surface area contributed by atoms with Crippen molar-refractivity contribution in [3.05, 3.63) is 23.7 Å². The first-order chi connectivity index (χ1) is 6.24. The monoisotopic (exact) mass is 179 g/mol. The first kappa shape index (κ1) is 8.82. The Labute approximate surface area is 79.1 Å². The molecule has 3 unspecified atom stereocenters. The van der Waals surface area contributed by atoms with Crippen molar-refractivity contribution < 1.29 is 4.42 Å². The molecule has 0 amide bonds. The van der Waals surface area contributed by atoms with Crippen LogP contribution in [0, 0.1) is 11.8 Å². The van der Waals surface area contributed by atoms with Gasteiger partial charge in [0.25, 0.3) is 0 Å². The van der Waals surface area contributed by atoms with Gasteiger partial charge >= 0.3 is 0 Å². The summed E-state index contributed by atoms with van der Waals surface area (Å²) >= 11 is 0. The van der Waals surface area contributed by atoms with Gasteiger partial charge in [0.15, 0.2) is 0 Å². The van der Waals surface area contributed by atoms with Crippen LogP contribution in [-0.2, 0) is 6.42 Å². The summed E-state index contributed by atoms with van der Waals surface area (Å²) in [5.41, 5.74) is 8.49. The molecule has 2 N–H and O–H groups in total.